The molecule has 0 aliphatic carbocycles. The summed E-state index contributed by atoms with van der Waals surface area (Å²) >= 11 is 0. The van der Waals surface area contributed by atoms with E-state index in [1.165, 1.54) is 6.07 Å². The van der Waals surface area contributed by atoms with E-state index in [4.69, 9.17) is 0 Å². The summed E-state index contributed by atoms with van der Waals surface area (Å²) in [4.78, 5) is 4.21. The number of sulfone groups is 1. The minimum absolute atomic E-state index is 0.0721. The lowest BCUT2D eigenvalue weighted by atomic mass is 10.3. The second kappa shape index (κ2) is 6.29. The fourth-order valence-electron chi connectivity index (χ4n) is 1.38. The van der Waals surface area contributed by atoms with Crippen molar-refractivity contribution in [3.05, 3.63) is 18.3 Å². The van der Waals surface area contributed by atoms with Crippen molar-refractivity contribution < 1.29 is 12.6 Å². The number of hydrogen-bond donors (Lipinski definition) is 1. The van der Waals surface area contributed by atoms with Gasteiger partial charge in [-0.1, -0.05) is 6.92 Å². The summed E-state index contributed by atoms with van der Waals surface area (Å²) in [6.07, 6.45) is 5.05. The molecule has 5 nitrogen and oxygen atoms in total. The normalized spacial score (nSPS) is 15.1. The molecule has 0 aliphatic heterocycles. The molecule has 0 aromatic carbocycles. The number of nitrogens with zero attached hydrogens (tertiary/aromatic N) is 1. The highest BCUT2D eigenvalue weighted by Gasteiger charge is 2.14. The molecule has 0 fully saturated rings. The predicted molar refractivity (Wildman–Crippen MR) is 74.0 cm³/mol. The molecule has 0 saturated carbocycles. The summed E-state index contributed by atoms with van der Waals surface area (Å²) in [5.41, 5.74) is 0. The van der Waals surface area contributed by atoms with Crippen molar-refractivity contribution in [2.24, 2.45) is 0 Å². The minimum Gasteiger partial charge on any atom is -0.369 e. The van der Waals surface area contributed by atoms with Gasteiger partial charge in [0.25, 0.3) is 0 Å². The molecule has 1 aromatic rings. The van der Waals surface area contributed by atoms with Gasteiger partial charge in [0, 0.05) is 41.3 Å². The van der Waals surface area contributed by atoms with E-state index in [1.54, 1.807) is 18.5 Å². The van der Waals surface area contributed by atoms with Crippen LogP contribution in [-0.4, -0.2) is 41.9 Å². The zero-order valence-electron chi connectivity index (χ0n) is 10.7. The fourth-order valence-corrected chi connectivity index (χ4v) is 2.63. The Hall–Kier alpha value is -0.950. The van der Waals surface area contributed by atoms with E-state index in [-0.39, 0.29) is 10.1 Å². The average molecular weight is 290 g/mol. The van der Waals surface area contributed by atoms with Crippen LogP contribution in [0.4, 0.5) is 5.82 Å². The monoisotopic (exact) mass is 290 g/mol. The lowest BCUT2D eigenvalue weighted by Gasteiger charge is -2.11. The smallest absolute Gasteiger partial charge is 0.179 e. The summed E-state index contributed by atoms with van der Waals surface area (Å²) in [5.74, 6) is 0.356. The second-order valence-electron chi connectivity index (χ2n) is 4.15. The summed E-state index contributed by atoms with van der Waals surface area (Å²) in [5, 5.41) is 3.05. The summed E-state index contributed by atoms with van der Waals surface area (Å²) in [6, 6.07) is 3.11. The first-order valence-corrected chi connectivity index (χ1v) is 9.05. The average Bonchev–Trinajstić information content (AvgIpc) is 2.28. The van der Waals surface area contributed by atoms with Crippen LogP contribution in [0.5, 0.6) is 0 Å². The summed E-state index contributed by atoms with van der Waals surface area (Å²) in [7, 11) is -4.15. The molecule has 18 heavy (non-hydrogen) atoms. The van der Waals surface area contributed by atoms with Gasteiger partial charge in [0.1, 0.15) is 10.7 Å². The molecule has 7 heteroatoms. The van der Waals surface area contributed by atoms with Crippen LogP contribution in [0.25, 0.3) is 0 Å². The van der Waals surface area contributed by atoms with Gasteiger partial charge in [0.05, 0.1) is 0 Å². The molecule has 0 spiro atoms. The number of pyridine rings is 1. The molecule has 0 radical (unpaired) electrons. The molecule has 102 valence electrons. The first-order valence-electron chi connectivity index (χ1n) is 5.53. The van der Waals surface area contributed by atoms with Crippen molar-refractivity contribution in [3.8, 4) is 0 Å². The quantitative estimate of drug-likeness (QED) is 0.847. The molecule has 2 atom stereocenters. The molecule has 2 unspecified atom stereocenters. The van der Waals surface area contributed by atoms with E-state index in [2.05, 4.69) is 10.3 Å². The van der Waals surface area contributed by atoms with E-state index in [1.807, 2.05) is 6.92 Å². The first-order chi connectivity index (χ1) is 8.32. The van der Waals surface area contributed by atoms with Gasteiger partial charge in [-0.25, -0.2) is 13.4 Å². The van der Waals surface area contributed by atoms with E-state index in [0.29, 0.717) is 18.8 Å². The van der Waals surface area contributed by atoms with Crippen molar-refractivity contribution in [2.75, 3.05) is 24.4 Å². The Bertz CT molecular complexity index is 529. The lowest BCUT2D eigenvalue weighted by molar-refractivity contribution is 0.601. The highest BCUT2D eigenvalue weighted by Crippen LogP contribution is 2.17. The third-order valence-corrected chi connectivity index (χ3v) is 5.08. The van der Waals surface area contributed by atoms with Crippen LogP contribution in [-0.2, 0) is 20.6 Å². The third kappa shape index (κ3) is 4.38. The highest BCUT2D eigenvalue weighted by atomic mass is 32.2. The van der Waals surface area contributed by atoms with Crippen LogP contribution in [0.15, 0.2) is 23.2 Å². The Morgan fingerprint density at radius 1 is 1.50 bits per heavy atom. The molecule has 0 amide bonds. The van der Waals surface area contributed by atoms with E-state index in [0.717, 1.165) is 6.26 Å². The van der Waals surface area contributed by atoms with Gasteiger partial charge in [-0.05, 0) is 18.6 Å². The Morgan fingerprint density at radius 2 is 2.17 bits per heavy atom. The SMILES string of the molecule is CC(CCNc1ncccc1S(C)(=O)=O)S(C)=O. The maximum atomic E-state index is 11.5. The Balaban J connectivity index is 2.72. The van der Waals surface area contributed by atoms with Crippen LogP contribution < -0.4 is 5.32 Å². The maximum Gasteiger partial charge on any atom is 0.179 e. The molecule has 1 N–H and O–H groups in total. The summed E-state index contributed by atoms with van der Waals surface area (Å²) < 4.78 is 34.2. The Labute approximate surface area is 110 Å². The molecule has 1 heterocycles. The highest BCUT2D eigenvalue weighted by molar-refractivity contribution is 7.90. The van der Waals surface area contributed by atoms with Gasteiger partial charge in [-0.15, -0.1) is 0 Å². The molecule has 1 rings (SSSR count). The van der Waals surface area contributed by atoms with Crippen LogP contribution in [0.1, 0.15) is 13.3 Å². The van der Waals surface area contributed by atoms with Crippen LogP contribution in [0.2, 0.25) is 0 Å². The molecule has 1 aromatic heterocycles. The van der Waals surface area contributed by atoms with E-state index < -0.39 is 20.6 Å². The van der Waals surface area contributed by atoms with Gasteiger partial charge < -0.3 is 5.32 Å². The van der Waals surface area contributed by atoms with Crippen LogP contribution in [0, 0.1) is 0 Å². The summed E-state index contributed by atoms with van der Waals surface area (Å²) in [6.45, 7) is 2.44. The molecular formula is C11H18N2O3S2. The molecule has 0 bridgehead atoms. The number of rotatable bonds is 6. The molecule has 0 saturated heterocycles. The fraction of sp³-hybridized carbons (Fsp3) is 0.545. The lowest BCUT2D eigenvalue weighted by Crippen LogP contribution is -2.16. The van der Waals surface area contributed by atoms with E-state index in [9.17, 15) is 12.6 Å². The van der Waals surface area contributed by atoms with Crippen molar-refractivity contribution in [1.82, 2.24) is 4.98 Å². The topological polar surface area (TPSA) is 76.1 Å². The minimum atomic E-state index is -3.29. The van der Waals surface area contributed by atoms with Gasteiger partial charge in [-0.2, -0.15) is 0 Å². The van der Waals surface area contributed by atoms with Crippen molar-refractivity contribution >= 4 is 26.5 Å². The van der Waals surface area contributed by atoms with Crippen LogP contribution >= 0.6 is 0 Å². The zero-order valence-corrected chi connectivity index (χ0v) is 12.3. The second-order valence-corrected chi connectivity index (χ2v) is 7.93. The number of nitrogens with one attached hydrogen (secondary N) is 1. The van der Waals surface area contributed by atoms with Crippen molar-refractivity contribution in [3.63, 3.8) is 0 Å². The standard InChI is InChI=1S/C11H18N2O3S2/c1-9(17(2)14)6-8-13-11-10(18(3,15)16)5-4-7-12-11/h4-5,7,9H,6,8H2,1-3H3,(H,12,13). The number of anilines is 1. The Kier molecular flexibility index (Phi) is 5.28. The van der Waals surface area contributed by atoms with Crippen molar-refractivity contribution in [1.29, 1.82) is 0 Å². The van der Waals surface area contributed by atoms with E-state index >= 15 is 0 Å². The van der Waals surface area contributed by atoms with Crippen molar-refractivity contribution in [2.45, 2.75) is 23.5 Å². The maximum absolute atomic E-state index is 11.5. The largest absolute Gasteiger partial charge is 0.369 e. The van der Waals surface area contributed by atoms with Gasteiger partial charge in [0.15, 0.2) is 9.84 Å². The third-order valence-electron chi connectivity index (χ3n) is 2.58. The Morgan fingerprint density at radius 3 is 2.72 bits per heavy atom. The zero-order chi connectivity index (χ0) is 13.8. The molecular weight excluding hydrogens is 272 g/mol. The van der Waals surface area contributed by atoms with Crippen LogP contribution in [0.3, 0.4) is 0 Å². The first kappa shape index (κ1) is 15.1. The predicted octanol–water partition coefficient (Wildman–Crippen LogP) is 1.05. The van der Waals surface area contributed by atoms with Gasteiger partial charge >= 0.3 is 0 Å². The number of hydrogen-bond acceptors (Lipinski definition) is 5. The van der Waals surface area contributed by atoms with Gasteiger partial charge in [0.2, 0.25) is 0 Å². The molecule has 0 aliphatic rings. The van der Waals surface area contributed by atoms with Gasteiger partial charge in [-0.3, -0.25) is 4.21 Å². The number of aromatic nitrogens is 1.